The van der Waals surface area contributed by atoms with Crippen molar-refractivity contribution in [2.24, 2.45) is 0 Å². The normalized spacial score (nSPS) is 11.6. The van der Waals surface area contributed by atoms with Gasteiger partial charge in [0.25, 0.3) is 0 Å². The van der Waals surface area contributed by atoms with Crippen LogP contribution in [0.2, 0.25) is 0 Å². The third kappa shape index (κ3) is 9.52. The Morgan fingerprint density at radius 3 is 2.43 bits per heavy atom. The Morgan fingerprint density at radius 1 is 1.00 bits per heavy atom. The van der Waals surface area contributed by atoms with E-state index in [1.165, 1.54) is 37.7 Å². The highest BCUT2D eigenvalue weighted by Crippen LogP contribution is 2.15. The molecule has 2 nitrogen and oxygen atoms in total. The number of benzene rings is 1. The average Bonchev–Trinajstić information content (AvgIpc) is 2.44. The predicted molar refractivity (Wildman–Crippen MR) is 91.9 cm³/mol. The molecular formula is C19H33NO. The van der Waals surface area contributed by atoms with E-state index in [0.717, 1.165) is 25.3 Å². The number of nitrogens with one attached hydrogen (secondary N) is 1. The molecule has 1 aromatic rings. The molecule has 1 rings (SSSR count). The van der Waals surface area contributed by atoms with Crippen molar-refractivity contribution in [1.29, 1.82) is 0 Å². The predicted octanol–water partition coefficient (Wildman–Crippen LogP) is 5.31. The van der Waals surface area contributed by atoms with E-state index < -0.39 is 0 Å². The minimum Gasteiger partial charge on any atom is -0.494 e. The van der Waals surface area contributed by atoms with E-state index in [2.05, 4.69) is 57.3 Å². The van der Waals surface area contributed by atoms with E-state index in [4.69, 9.17) is 4.74 Å². The molecule has 0 aromatic heterocycles. The summed E-state index contributed by atoms with van der Waals surface area (Å²) >= 11 is 0. The van der Waals surface area contributed by atoms with E-state index in [1.807, 2.05) is 0 Å². The zero-order chi connectivity index (χ0) is 15.6. The summed E-state index contributed by atoms with van der Waals surface area (Å²) in [6, 6.07) is 8.43. The Kier molecular flexibility index (Phi) is 8.44. The van der Waals surface area contributed by atoms with E-state index in [9.17, 15) is 0 Å². The molecule has 0 saturated carbocycles. The van der Waals surface area contributed by atoms with Crippen molar-refractivity contribution < 1.29 is 4.74 Å². The molecule has 0 aliphatic carbocycles. The number of ether oxygens (including phenoxy) is 1. The maximum Gasteiger partial charge on any atom is 0.119 e. The van der Waals surface area contributed by atoms with Crippen LogP contribution in [-0.4, -0.2) is 12.1 Å². The molecule has 21 heavy (non-hydrogen) atoms. The SMILES string of the molecule is CCCCCCCCOc1cccc(CNC(C)(C)C)c1. The highest BCUT2D eigenvalue weighted by molar-refractivity contribution is 5.28. The second kappa shape index (κ2) is 9.83. The molecule has 0 radical (unpaired) electrons. The Balaban J connectivity index is 2.23. The van der Waals surface area contributed by atoms with Crippen LogP contribution < -0.4 is 10.1 Å². The largest absolute Gasteiger partial charge is 0.494 e. The molecule has 0 saturated heterocycles. The van der Waals surface area contributed by atoms with Gasteiger partial charge in [-0.15, -0.1) is 0 Å². The monoisotopic (exact) mass is 291 g/mol. The van der Waals surface area contributed by atoms with Crippen molar-refractivity contribution in [3.05, 3.63) is 29.8 Å². The quantitative estimate of drug-likeness (QED) is 0.589. The van der Waals surface area contributed by atoms with Crippen LogP contribution in [0, 0.1) is 0 Å². The lowest BCUT2D eigenvalue weighted by Crippen LogP contribution is -2.35. The third-order valence-corrected chi connectivity index (χ3v) is 3.49. The van der Waals surface area contributed by atoms with E-state index >= 15 is 0 Å². The van der Waals surface area contributed by atoms with Gasteiger partial charge in [-0.2, -0.15) is 0 Å². The van der Waals surface area contributed by atoms with Crippen LogP contribution in [-0.2, 0) is 6.54 Å². The van der Waals surface area contributed by atoms with E-state index in [0.29, 0.717) is 0 Å². The molecule has 1 aromatic carbocycles. The van der Waals surface area contributed by atoms with Crippen molar-refractivity contribution in [3.63, 3.8) is 0 Å². The number of hydrogen-bond acceptors (Lipinski definition) is 2. The fraction of sp³-hybridized carbons (Fsp3) is 0.684. The Labute approximate surface area is 131 Å². The first-order valence-corrected chi connectivity index (χ1v) is 8.48. The lowest BCUT2D eigenvalue weighted by molar-refractivity contribution is 0.304. The zero-order valence-electron chi connectivity index (χ0n) is 14.4. The summed E-state index contributed by atoms with van der Waals surface area (Å²) in [6.45, 7) is 10.5. The van der Waals surface area contributed by atoms with Crippen LogP contribution in [0.5, 0.6) is 5.75 Å². The molecule has 0 heterocycles. The molecule has 2 heteroatoms. The Bertz CT molecular complexity index is 381. The van der Waals surface area contributed by atoms with Crippen LogP contribution in [0.1, 0.15) is 71.8 Å². The van der Waals surface area contributed by atoms with Gasteiger partial charge < -0.3 is 10.1 Å². The van der Waals surface area contributed by atoms with Gasteiger partial charge in [0.2, 0.25) is 0 Å². The Morgan fingerprint density at radius 2 is 1.71 bits per heavy atom. The first-order chi connectivity index (χ1) is 10.0. The van der Waals surface area contributed by atoms with E-state index in [-0.39, 0.29) is 5.54 Å². The van der Waals surface area contributed by atoms with Gasteiger partial charge in [-0.05, 0) is 44.9 Å². The minimum absolute atomic E-state index is 0.148. The van der Waals surface area contributed by atoms with Crippen LogP contribution in [0.4, 0.5) is 0 Å². The van der Waals surface area contributed by atoms with E-state index in [1.54, 1.807) is 0 Å². The van der Waals surface area contributed by atoms with Crippen molar-refractivity contribution >= 4 is 0 Å². The average molecular weight is 291 g/mol. The summed E-state index contributed by atoms with van der Waals surface area (Å²) in [7, 11) is 0. The van der Waals surface area contributed by atoms with Crippen LogP contribution in [0.3, 0.4) is 0 Å². The van der Waals surface area contributed by atoms with Gasteiger partial charge in [-0.3, -0.25) is 0 Å². The summed E-state index contributed by atoms with van der Waals surface area (Å²) in [5.41, 5.74) is 1.43. The number of unbranched alkanes of at least 4 members (excludes halogenated alkanes) is 5. The summed E-state index contributed by atoms with van der Waals surface area (Å²) in [5, 5.41) is 3.51. The smallest absolute Gasteiger partial charge is 0.119 e. The zero-order valence-corrected chi connectivity index (χ0v) is 14.4. The first kappa shape index (κ1) is 18.0. The molecule has 1 N–H and O–H groups in total. The van der Waals surface area contributed by atoms with Crippen LogP contribution in [0.25, 0.3) is 0 Å². The van der Waals surface area contributed by atoms with Gasteiger partial charge in [0.15, 0.2) is 0 Å². The van der Waals surface area contributed by atoms with Gasteiger partial charge in [0.05, 0.1) is 6.61 Å². The van der Waals surface area contributed by atoms with Crippen molar-refractivity contribution in [1.82, 2.24) is 5.32 Å². The molecule has 0 spiro atoms. The summed E-state index contributed by atoms with van der Waals surface area (Å²) < 4.78 is 5.86. The van der Waals surface area contributed by atoms with Crippen molar-refractivity contribution in [2.45, 2.75) is 78.3 Å². The standard InChI is InChI=1S/C19H33NO/c1-5-6-7-8-9-10-14-21-18-13-11-12-17(15-18)16-20-19(2,3)4/h11-13,15,20H,5-10,14,16H2,1-4H3. The molecule has 0 atom stereocenters. The maximum atomic E-state index is 5.86. The van der Waals surface area contributed by atoms with Crippen LogP contribution >= 0.6 is 0 Å². The van der Waals surface area contributed by atoms with Crippen molar-refractivity contribution in [3.8, 4) is 5.75 Å². The fourth-order valence-corrected chi connectivity index (χ4v) is 2.18. The van der Waals surface area contributed by atoms with Crippen LogP contribution in [0.15, 0.2) is 24.3 Å². The first-order valence-electron chi connectivity index (χ1n) is 8.48. The molecule has 0 aliphatic heterocycles. The number of hydrogen-bond donors (Lipinski definition) is 1. The minimum atomic E-state index is 0.148. The maximum absolute atomic E-state index is 5.86. The molecule has 0 unspecified atom stereocenters. The van der Waals surface area contributed by atoms with Gasteiger partial charge in [0, 0.05) is 12.1 Å². The molecule has 0 bridgehead atoms. The highest BCUT2D eigenvalue weighted by Gasteiger charge is 2.08. The highest BCUT2D eigenvalue weighted by atomic mass is 16.5. The fourth-order valence-electron chi connectivity index (χ4n) is 2.18. The second-order valence-corrected chi connectivity index (χ2v) is 6.87. The summed E-state index contributed by atoms with van der Waals surface area (Å²) in [5.74, 6) is 0.997. The molecule has 0 fully saturated rings. The van der Waals surface area contributed by atoms with Gasteiger partial charge >= 0.3 is 0 Å². The summed E-state index contributed by atoms with van der Waals surface area (Å²) in [4.78, 5) is 0. The second-order valence-electron chi connectivity index (χ2n) is 6.87. The molecule has 0 aliphatic rings. The molecular weight excluding hydrogens is 258 g/mol. The van der Waals surface area contributed by atoms with Gasteiger partial charge in [-0.1, -0.05) is 51.2 Å². The third-order valence-electron chi connectivity index (χ3n) is 3.49. The Hall–Kier alpha value is -1.02. The molecule has 120 valence electrons. The molecule has 0 amide bonds. The van der Waals surface area contributed by atoms with Gasteiger partial charge in [-0.25, -0.2) is 0 Å². The summed E-state index contributed by atoms with van der Waals surface area (Å²) in [6.07, 6.45) is 7.83. The van der Waals surface area contributed by atoms with Crippen molar-refractivity contribution in [2.75, 3.05) is 6.61 Å². The lowest BCUT2D eigenvalue weighted by Gasteiger charge is -2.20. The number of rotatable bonds is 10. The lowest BCUT2D eigenvalue weighted by atomic mass is 10.1. The topological polar surface area (TPSA) is 21.3 Å². The van der Waals surface area contributed by atoms with Gasteiger partial charge in [0.1, 0.15) is 5.75 Å².